The number of carbonyl (C=O) groups is 1. The minimum atomic E-state index is -0.839. The highest BCUT2D eigenvalue weighted by atomic mass is 16.5. The number of rotatable bonds is 3. The molecule has 0 aliphatic carbocycles. The van der Waals surface area contributed by atoms with Gasteiger partial charge in [0.1, 0.15) is 0 Å². The molecular formula is C16H20N2O3. The smallest absolute Gasteiger partial charge is 0.255 e. The van der Waals surface area contributed by atoms with Gasteiger partial charge in [-0.05, 0) is 6.07 Å². The highest BCUT2D eigenvalue weighted by Crippen LogP contribution is 2.24. The Morgan fingerprint density at radius 2 is 2.10 bits per heavy atom. The lowest BCUT2D eigenvalue weighted by Gasteiger charge is -2.35. The van der Waals surface area contributed by atoms with E-state index in [1.54, 1.807) is 18.1 Å². The Morgan fingerprint density at radius 1 is 1.38 bits per heavy atom. The van der Waals surface area contributed by atoms with Crippen LogP contribution in [0.1, 0.15) is 23.2 Å². The third kappa shape index (κ3) is 2.80. The quantitative estimate of drug-likeness (QED) is 0.905. The summed E-state index contributed by atoms with van der Waals surface area (Å²) >= 11 is 0. The maximum atomic E-state index is 12.6. The Kier molecular flexibility index (Phi) is 3.69. The van der Waals surface area contributed by atoms with E-state index in [4.69, 9.17) is 4.74 Å². The van der Waals surface area contributed by atoms with E-state index in [1.807, 2.05) is 24.3 Å². The number of H-pyrrole nitrogens is 1. The Bertz CT molecular complexity index is 644. The highest BCUT2D eigenvalue weighted by molar-refractivity contribution is 6.06. The third-order valence-electron chi connectivity index (χ3n) is 4.12. The molecule has 2 aromatic rings. The van der Waals surface area contributed by atoms with Crippen LogP contribution in [0.3, 0.4) is 0 Å². The standard InChI is InChI=1S/C16H20N2O3/c1-18(11-16(20)6-8-21-9-7-16)15(19)13-10-17-14-5-3-2-4-12(13)14/h2-5,10,17,20H,6-9,11H2,1H3. The molecule has 0 unspecified atom stereocenters. The fraction of sp³-hybridized carbons (Fsp3) is 0.438. The van der Waals surface area contributed by atoms with Crippen molar-refractivity contribution < 1.29 is 14.6 Å². The van der Waals surface area contributed by atoms with Gasteiger partial charge in [-0.15, -0.1) is 0 Å². The average Bonchev–Trinajstić information content (AvgIpc) is 2.90. The van der Waals surface area contributed by atoms with Crippen molar-refractivity contribution in [3.05, 3.63) is 36.0 Å². The summed E-state index contributed by atoms with van der Waals surface area (Å²) in [6, 6.07) is 7.72. The molecule has 1 aromatic carbocycles. The summed E-state index contributed by atoms with van der Waals surface area (Å²) in [6.45, 7) is 1.42. The van der Waals surface area contributed by atoms with Crippen molar-refractivity contribution in [3.8, 4) is 0 Å². The van der Waals surface area contributed by atoms with E-state index in [-0.39, 0.29) is 5.91 Å². The number of aromatic nitrogens is 1. The molecule has 1 fully saturated rings. The lowest BCUT2D eigenvalue weighted by molar-refractivity contribution is -0.0734. The molecule has 2 heterocycles. The Balaban J connectivity index is 1.78. The van der Waals surface area contributed by atoms with E-state index in [0.717, 1.165) is 10.9 Å². The zero-order valence-corrected chi connectivity index (χ0v) is 12.1. The largest absolute Gasteiger partial charge is 0.388 e. The van der Waals surface area contributed by atoms with E-state index in [0.29, 0.717) is 38.2 Å². The van der Waals surface area contributed by atoms with Crippen molar-refractivity contribution in [2.45, 2.75) is 18.4 Å². The fourth-order valence-corrected chi connectivity index (χ4v) is 2.88. The number of aliphatic hydroxyl groups is 1. The molecule has 0 bridgehead atoms. The number of ether oxygens (including phenoxy) is 1. The van der Waals surface area contributed by atoms with Crippen molar-refractivity contribution in [2.24, 2.45) is 0 Å². The van der Waals surface area contributed by atoms with E-state index in [9.17, 15) is 9.90 Å². The minimum absolute atomic E-state index is 0.0765. The molecule has 112 valence electrons. The van der Waals surface area contributed by atoms with Crippen molar-refractivity contribution >= 4 is 16.8 Å². The molecule has 5 heteroatoms. The van der Waals surface area contributed by atoms with Gasteiger partial charge in [-0.2, -0.15) is 0 Å². The molecule has 1 aromatic heterocycles. The summed E-state index contributed by atoms with van der Waals surface area (Å²) in [4.78, 5) is 17.3. The monoisotopic (exact) mass is 288 g/mol. The second-order valence-electron chi connectivity index (χ2n) is 5.75. The molecule has 0 atom stereocenters. The predicted molar refractivity (Wildman–Crippen MR) is 80.3 cm³/mol. The number of nitrogens with one attached hydrogen (secondary N) is 1. The molecule has 0 saturated carbocycles. The van der Waals surface area contributed by atoms with Crippen LogP contribution in [0, 0.1) is 0 Å². The van der Waals surface area contributed by atoms with Crippen LogP contribution >= 0.6 is 0 Å². The molecule has 1 aliphatic heterocycles. The minimum Gasteiger partial charge on any atom is -0.388 e. The number of hydrogen-bond donors (Lipinski definition) is 2. The molecule has 1 saturated heterocycles. The van der Waals surface area contributed by atoms with E-state index in [1.165, 1.54) is 0 Å². The van der Waals surface area contributed by atoms with Gasteiger partial charge in [0.25, 0.3) is 5.91 Å². The number of amides is 1. The SMILES string of the molecule is CN(CC1(O)CCOCC1)C(=O)c1c[nH]c2ccccc12. The van der Waals surface area contributed by atoms with Gasteiger partial charge in [-0.3, -0.25) is 4.79 Å². The van der Waals surface area contributed by atoms with Gasteiger partial charge < -0.3 is 19.7 Å². The molecule has 5 nitrogen and oxygen atoms in total. The zero-order chi connectivity index (χ0) is 14.9. The first-order valence-corrected chi connectivity index (χ1v) is 7.21. The summed E-state index contributed by atoms with van der Waals surface area (Å²) in [5.74, 6) is -0.0765. The molecule has 2 N–H and O–H groups in total. The van der Waals surface area contributed by atoms with Gasteiger partial charge in [-0.1, -0.05) is 18.2 Å². The number of aromatic amines is 1. The lowest BCUT2D eigenvalue weighted by atomic mass is 9.93. The molecule has 1 aliphatic rings. The second kappa shape index (κ2) is 5.50. The Labute approximate surface area is 123 Å². The normalized spacial score (nSPS) is 17.8. The molecule has 3 rings (SSSR count). The predicted octanol–water partition coefficient (Wildman–Crippen LogP) is 1.78. The van der Waals surface area contributed by atoms with Crippen molar-refractivity contribution in [1.82, 2.24) is 9.88 Å². The third-order valence-corrected chi connectivity index (χ3v) is 4.12. The Hall–Kier alpha value is -1.85. The van der Waals surface area contributed by atoms with Gasteiger partial charge in [0.15, 0.2) is 0 Å². The maximum Gasteiger partial charge on any atom is 0.255 e. The number of hydrogen-bond acceptors (Lipinski definition) is 3. The van der Waals surface area contributed by atoms with Crippen LogP contribution in [-0.4, -0.2) is 53.3 Å². The van der Waals surface area contributed by atoms with Crippen LogP contribution in [0.5, 0.6) is 0 Å². The van der Waals surface area contributed by atoms with Gasteiger partial charge in [-0.25, -0.2) is 0 Å². The first-order chi connectivity index (χ1) is 10.1. The molecule has 1 amide bonds. The summed E-state index contributed by atoms with van der Waals surface area (Å²) in [7, 11) is 1.73. The van der Waals surface area contributed by atoms with Gasteiger partial charge in [0.2, 0.25) is 0 Å². The topological polar surface area (TPSA) is 65.6 Å². The summed E-state index contributed by atoms with van der Waals surface area (Å²) in [6.07, 6.45) is 2.87. The van der Waals surface area contributed by atoms with Gasteiger partial charge in [0.05, 0.1) is 11.2 Å². The molecule has 0 radical (unpaired) electrons. The lowest BCUT2D eigenvalue weighted by Crippen LogP contribution is -2.47. The van der Waals surface area contributed by atoms with Crippen LogP contribution < -0.4 is 0 Å². The van der Waals surface area contributed by atoms with E-state index >= 15 is 0 Å². The highest BCUT2D eigenvalue weighted by Gasteiger charge is 2.32. The van der Waals surface area contributed by atoms with Gasteiger partial charge in [0, 0.05) is 56.7 Å². The van der Waals surface area contributed by atoms with E-state index in [2.05, 4.69) is 4.98 Å². The van der Waals surface area contributed by atoms with Gasteiger partial charge >= 0.3 is 0 Å². The van der Waals surface area contributed by atoms with Crippen LogP contribution in [-0.2, 0) is 4.74 Å². The number of likely N-dealkylation sites (N-methyl/N-ethyl adjacent to an activating group) is 1. The number of benzene rings is 1. The van der Waals surface area contributed by atoms with Crippen LogP contribution in [0.4, 0.5) is 0 Å². The molecule has 0 spiro atoms. The van der Waals surface area contributed by atoms with E-state index < -0.39 is 5.60 Å². The number of carbonyl (C=O) groups excluding carboxylic acids is 1. The molecule has 21 heavy (non-hydrogen) atoms. The van der Waals surface area contributed by atoms with Crippen molar-refractivity contribution in [3.63, 3.8) is 0 Å². The summed E-state index contributed by atoms with van der Waals surface area (Å²) in [5, 5.41) is 11.4. The van der Waals surface area contributed by atoms with Crippen molar-refractivity contribution in [1.29, 1.82) is 0 Å². The maximum absolute atomic E-state index is 12.6. The fourth-order valence-electron chi connectivity index (χ4n) is 2.88. The van der Waals surface area contributed by atoms with Crippen LogP contribution in [0.15, 0.2) is 30.5 Å². The number of para-hydroxylation sites is 1. The average molecular weight is 288 g/mol. The number of nitrogens with zero attached hydrogens (tertiary/aromatic N) is 1. The van der Waals surface area contributed by atoms with Crippen LogP contribution in [0.25, 0.3) is 10.9 Å². The molecular weight excluding hydrogens is 268 g/mol. The van der Waals surface area contributed by atoms with Crippen LogP contribution in [0.2, 0.25) is 0 Å². The second-order valence-corrected chi connectivity index (χ2v) is 5.75. The first-order valence-electron chi connectivity index (χ1n) is 7.21. The zero-order valence-electron chi connectivity index (χ0n) is 12.1. The number of fused-ring (bicyclic) bond motifs is 1. The Morgan fingerprint density at radius 3 is 2.86 bits per heavy atom. The first kappa shape index (κ1) is 14.1. The van der Waals surface area contributed by atoms with Crippen molar-refractivity contribution in [2.75, 3.05) is 26.8 Å². The summed E-state index contributed by atoms with van der Waals surface area (Å²) in [5.41, 5.74) is 0.747. The summed E-state index contributed by atoms with van der Waals surface area (Å²) < 4.78 is 5.27.